The van der Waals surface area contributed by atoms with E-state index in [0.29, 0.717) is 33.4 Å². The van der Waals surface area contributed by atoms with Gasteiger partial charge in [-0.1, -0.05) is 36.4 Å². The first kappa shape index (κ1) is 22.0. The molecule has 0 spiro atoms. The second-order valence-electron chi connectivity index (χ2n) is 9.24. The number of benzene rings is 2. The van der Waals surface area contributed by atoms with Crippen LogP contribution in [0.4, 0.5) is 0 Å². The van der Waals surface area contributed by atoms with Crippen LogP contribution < -0.4 is 15.6 Å². The Kier molecular flexibility index (Phi) is 6.15. The predicted molar refractivity (Wildman–Crippen MR) is 131 cm³/mol. The summed E-state index contributed by atoms with van der Waals surface area (Å²) in [5.74, 6) is 3.05. The number of rotatable bonds is 7. The standard InChI is InChI=1S/C26H29N3O3S/c1-16(22-13-17-10-11-18(22)12-17)27-24(30)15-33-26-28-23-9-4-3-8-21(23)25(31)29(26)19-6-5-7-20(14-19)32-2/h3-9,14,16-18,22H,10-13,15H2,1-2H3,(H,27,30)/t16-,17-,18-,22+/m0/s1. The van der Waals surface area contributed by atoms with Gasteiger partial charge in [-0.15, -0.1) is 0 Å². The van der Waals surface area contributed by atoms with E-state index in [1.54, 1.807) is 23.8 Å². The Morgan fingerprint density at radius 1 is 1.21 bits per heavy atom. The summed E-state index contributed by atoms with van der Waals surface area (Å²) in [6.07, 6.45) is 5.22. The molecule has 2 aliphatic rings. The Morgan fingerprint density at radius 2 is 2.06 bits per heavy atom. The fraction of sp³-hybridized carbons (Fsp3) is 0.423. The number of hydrogen-bond acceptors (Lipinski definition) is 5. The summed E-state index contributed by atoms with van der Waals surface area (Å²) in [5.41, 5.74) is 1.13. The summed E-state index contributed by atoms with van der Waals surface area (Å²) in [4.78, 5) is 30.9. The molecule has 1 amide bonds. The lowest BCUT2D eigenvalue weighted by atomic mass is 9.84. The molecule has 2 aromatic carbocycles. The largest absolute Gasteiger partial charge is 0.497 e. The van der Waals surface area contributed by atoms with Gasteiger partial charge in [-0.2, -0.15) is 0 Å². The van der Waals surface area contributed by atoms with Crippen molar-refractivity contribution < 1.29 is 9.53 Å². The molecule has 172 valence electrons. The number of para-hydroxylation sites is 1. The van der Waals surface area contributed by atoms with Crippen LogP contribution in [-0.4, -0.2) is 34.4 Å². The lowest BCUT2D eigenvalue weighted by molar-refractivity contribution is -0.119. The van der Waals surface area contributed by atoms with Crippen LogP contribution in [0.15, 0.2) is 58.5 Å². The van der Waals surface area contributed by atoms with Gasteiger partial charge in [0, 0.05) is 12.1 Å². The molecular formula is C26H29N3O3S. The first-order chi connectivity index (χ1) is 16.0. The molecule has 0 unspecified atom stereocenters. The number of nitrogens with zero attached hydrogens (tertiary/aromatic N) is 2. The number of carbonyl (C=O) groups is 1. The molecule has 7 heteroatoms. The summed E-state index contributed by atoms with van der Waals surface area (Å²) in [5, 5.41) is 4.25. The third-order valence-corrected chi connectivity index (χ3v) is 8.15. The third kappa shape index (κ3) is 4.38. The summed E-state index contributed by atoms with van der Waals surface area (Å²) in [6, 6.07) is 14.8. The van der Waals surface area contributed by atoms with Crippen LogP contribution in [0.1, 0.15) is 32.6 Å². The second kappa shape index (κ2) is 9.21. The molecule has 0 aliphatic heterocycles. The van der Waals surface area contributed by atoms with Crippen LogP contribution in [0.25, 0.3) is 16.6 Å². The third-order valence-electron chi connectivity index (χ3n) is 7.21. The van der Waals surface area contributed by atoms with Gasteiger partial charge in [0.2, 0.25) is 5.91 Å². The molecule has 3 aromatic rings. The van der Waals surface area contributed by atoms with E-state index >= 15 is 0 Å². The smallest absolute Gasteiger partial charge is 0.266 e. The highest BCUT2D eigenvalue weighted by molar-refractivity contribution is 7.99. The molecule has 0 radical (unpaired) electrons. The number of ether oxygens (including phenoxy) is 1. The Hall–Kier alpha value is -2.80. The van der Waals surface area contributed by atoms with Crippen molar-refractivity contribution in [2.24, 2.45) is 17.8 Å². The van der Waals surface area contributed by atoms with Gasteiger partial charge in [0.05, 0.1) is 29.5 Å². The summed E-state index contributed by atoms with van der Waals surface area (Å²) in [7, 11) is 1.60. The van der Waals surface area contributed by atoms with E-state index in [-0.39, 0.29) is 23.3 Å². The van der Waals surface area contributed by atoms with Crippen molar-refractivity contribution in [1.82, 2.24) is 14.9 Å². The highest BCUT2D eigenvalue weighted by atomic mass is 32.2. The summed E-state index contributed by atoms with van der Waals surface area (Å²) < 4.78 is 6.92. The van der Waals surface area contributed by atoms with E-state index in [1.807, 2.05) is 36.4 Å². The lowest BCUT2D eigenvalue weighted by Gasteiger charge is -2.28. The zero-order valence-electron chi connectivity index (χ0n) is 19.0. The number of hydrogen-bond donors (Lipinski definition) is 1. The number of thioether (sulfide) groups is 1. The SMILES string of the molecule is COc1cccc(-n2c(SCC(=O)N[C@@H](C)[C@H]3C[C@H]4CC[C@H]3C4)nc3ccccc3c2=O)c1. The second-order valence-corrected chi connectivity index (χ2v) is 10.2. The molecule has 2 bridgehead atoms. The maximum Gasteiger partial charge on any atom is 0.266 e. The lowest BCUT2D eigenvalue weighted by Crippen LogP contribution is -2.41. The molecule has 1 aromatic heterocycles. The number of fused-ring (bicyclic) bond motifs is 3. The van der Waals surface area contributed by atoms with Crippen molar-refractivity contribution in [1.29, 1.82) is 0 Å². The molecular weight excluding hydrogens is 434 g/mol. The molecule has 2 aliphatic carbocycles. The first-order valence-corrected chi connectivity index (χ1v) is 12.6. The Morgan fingerprint density at radius 3 is 2.82 bits per heavy atom. The average molecular weight is 464 g/mol. The van der Waals surface area contributed by atoms with E-state index in [2.05, 4.69) is 12.2 Å². The van der Waals surface area contributed by atoms with Crippen LogP contribution in [-0.2, 0) is 4.79 Å². The fourth-order valence-corrected chi connectivity index (χ4v) is 6.45. The highest BCUT2D eigenvalue weighted by Gasteiger charge is 2.42. The Labute approximate surface area is 197 Å². The van der Waals surface area contributed by atoms with Gasteiger partial charge in [-0.25, -0.2) is 4.98 Å². The molecule has 1 N–H and O–H groups in total. The summed E-state index contributed by atoms with van der Waals surface area (Å²) >= 11 is 1.29. The number of carbonyl (C=O) groups excluding carboxylic acids is 1. The zero-order valence-corrected chi connectivity index (χ0v) is 19.8. The minimum absolute atomic E-state index is 0.0186. The van der Waals surface area contributed by atoms with Crippen molar-refractivity contribution in [3.8, 4) is 11.4 Å². The topological polar surface area (TPSA) is 73.2 Å². The Balaban J connectivity index is 1.39. The van der Waals surface area contributed by atoms with E-state index in [1.165, 1.54) is 37.4 Å². The van der Waals surface area contributed by atoms with E-state index in [4.69, 9.17) is 9.72 Å². The highest BCUT2D eigenvalue weighted by Crippen LogP contribution is 2.49. The van der Waals surface area contributed by atoms with Gasteiger partial charge in [0.1, 0.15) is 5.75 Å². The van der Waals surface area contributed by atoms with Gasteiger partial charge < -0.3 is 10.1 Å². The fourth-order valence-electron chi connectivity index (χ4n) is 5.63. The van der Waals surface area contributed by atoms with Crippen molar-refractivity contribution in [2.75, 3.05) is 12.9 Å². The zero-order chi connectivity index (χ0) is 22.9. The minimum atomic E-state index is -0.160. The molecule has 1 heterocycles. The van der Waals surface area contributed by atoms with Gasteiger partial charge in [-0.3, -0.25) is 14.2 Å². The van der Waals surface area contributed by atoms with Gasteiger partial charge in [0.15, 0.2) is 5.16 Å². The van der Waals surface area contributed by atoms with Crippen LogP contribution in [0.3, 0.4) is 0 Å². The molecule has 2 saturated carbocycles. The van der Waals surface area contributed by atoms with Gasteiger partial charge >= 0.3 is 0 Å². The monoisotopic (exact) mass is 463 g/mol. The number of amides is 1. The Bertz CT molecular complexity index is 1240. The van der Waals surface area contributed by atoms with Crippen LogP contribution in [0.5, 0.6) is 5.75 Å². The maximum absolute atomic E-state index is 13.4. The van der Waals surface area contributed by atoms with E-state index in [0.717, 1.165) is 11.8 Å². The van der Waals surface area contributed by atoms with Gasteiger partial charge in [0.25, 0.3) is 5.56 Å². The van der Waals surface area contributed by atoms with E-state index in [9.17, 15) is 9.59 Å². The molecule has 6 nitrogen and oxygen atoms in total. The number of aromatic nitrogens is 2. The van der Waals surface area contributed by atoms with Crippen LogP contribution in [0.2, 0.25) is 0 Å². The normalized spacial score (nSPS) is 22.4. The molecule has 33 heavy (non-hydrogen) atoms. The maximum atomic E-state index is 13.4. The van der Waals surface area contributed by atoms with Crippen molar-refractivity contribution in [2.45, 2.75) is 43.8 Å². The van der Waals surface area contributed by atoms with Crippen molar-refractivity contribution in [3.63, 3.8) is 0 Å². The average Bonchev–Trinajstić information content (AvgIpc) is 3.47. The molecule has 0 saturated heterocycles. The first-order valence-electron chi connectivity index (χ1n) is 11.6. The van der Waals surface area contributed by atoms with Crippen LogP contribution >= 0.6 is 11.8 Å². The molecule has 4 atom stereocenters. The quantitative estimate of drug-likeness (QED) is 0.415. The number of nitrogens with one attached hydrogen (secondary N) is 1. The van der Waals surface area contributed by atoms with E-state index < -0.39 is 0 Å². The molecule has 2 fully saturated rings. The number of methoxy groups -OCH3 is 1. The molecule has 5 rings (SSSR count). The minimum Gasteiger partial charge on any atom is -0.497 e. The van der Waals surface area contributed by atoms with Crippen molar-refractivity contribution >= 4 is 28.6 Å². The van der Waals surface area contributed by atoms with Crippen LogP contribution in [0, 0.1) is 17.8 Å². The van der Waals surface area contributed by atoms with Crippen molar-refractivity contribution in [3.05, 3.63) is 58.9 Å². The predicted octanol–water partition coefficient (Wildman–Crippen LogP) is 4.43. The summed E-state index contributed by atoms with van der Waals surface area (Å²) in [6.45, 7) is 2.13. The van der Waals surface area contributed by atoms with Gasteiger partial charge in [-0.05, 0) is 68.2 Å².